The van der Waals surface area contributed by atoms with Crippen LogP contribution in [0.25, 0.3) is 0 Å². The van der Waals surface area contributed by atoms with E-state index < -0.39 is 5.60 Å². The van der Waals surface area contributed by atoms with Gasteiger partial charge in [-0.1, -0.05) is 43.0 Å². The van der Waals surface area contributed by atoms with Crippen molar-refractivity contribution in [2.45, 2.75) is 75.9 Å². The maximum absolute atomic E-state index is 11.5. The number of benzene rings is 1. The first-order valence-corrected chi connectivity index (χ1v) is 10.6. The smallest absolute Gasteiger partial charge is 0.0728 e. The van der Waals surface area contributed by atoms with Gasteiger partial charge >= 0.3 is 0 Å². The second-order valence-corrected chi connectivity index (χ2v) is 9.60. The fourth-order valence-electron chi connectivity index (χ4n) is 4.94. The Balaban J connectivity index is 1.75. The van der Waals surface area contributed by atoms with Crippen LogP contribution in [0.3, 0.4) is 0 Å². The van der Waals surface area contributed by atoms with Gasteiger partial charge in [-0.05, 0) is 76.2 Å². The molecule has 1 heterocycles. The zero-order valence-corrected chi connectivity index (χ0v) is 17.1. The van der Waals surface area contributed by atoms with Gasteiger partial charge in [0.15, 0.2) is 0 Å². The van der Waals surface area contributed by atoms with Gasteiger partial charge in [-0.3, -0.25) is 0 Å². The van der Waals surface area contributed by atoms with Crippen molar-refractivity contribution in [2.75, 3.05) is 19.6 Å². The van der Waals surface area contributed by atoms with Gasteiger partial charge in [-0.15, -0.1) is 0 Å². The summed E-state index contributed by atoms with van der Waals surface area (Å²) in [4.78, 5) is 2.53. The summed E-state index contributed by atoms with van der Waals surface area (Å²) in [5.41, 5.74) is 6.81. The predicted molar refractivity (Wildman–Crippen MR) is 110 cm³/mol. The van der Waals surface area contributed by atoms with E-state index in [4.69, 9.17) is 17.3 Å². The predicted octanol–water partition coefficient (Wildman–Crippen LogP) is 4.57. The van der Waals surface area contributed by atoms with Crippen LogP contribution in [0.1, 0.15) is 70.3 Å². The summed E-state index contributed by atoms with van der Waals surface area (Å²) >= 11 is 6.28. The molecule has 0 aromatic heterocycles. The Morgan fingerprint density at radius 1 is 1.23 bits per heavy atom. The minimum Gasteiger partial charge on any atom is -0.389 e. The van der Waals surface area contributed by atoms with Crippen molar-refractivity contribution >= 4 is 11.6 Å². The number of nitrogens with zero attached hydrogens (tertiary/aromatic N) is 1. The van der Waals surface area contributed by atoms with E-state index >= 15 is 0 Å². The van der Waals surface area contributed by atoms with Crippen molar-refractivity contribution in [3.05, 3.63) is 34.9 Å². The lowest BCUT2D eigenvalue weighted by Crippen LogP contribution is -2.50. The molecule has 1 aromatic rings. The number of hydrogen-bond acceptors (Lipinski definition) is 3. The van der Waals surface area contributed by atoms with Crippen molar-refractivity contribution in [2.24, 2.45) is 11.7 Å². The van der Waals surface area contributed by atoms with E-state index in [0.29, 0.717) is 5.92 Å². The second-order valence-electron chi connectivity index (χ2n) is 9.17. The molecule has 1 aromatic carbocycles. The van der Waals surface area contributed by atoms with Crippen LogP contribution >= 0.6 is 11.6 Å². The fourth-order valence-corrected chi connectivity index (χ4v) is 5.14. The zero-order chi connectivity index (χ0) is 18.8. The molecule has 3 rings (SSSR count). The Labute approximate surface area is 163 Å². The summed E-state index contributed by atoms with van der Waals surface area (Å²) in [6, 6.07) is 8.12. The third-order valence-corrected chi connectivity index (χ3v) is 6.93. The van der Waals surface area contributed by atoms with Crippen molar-refractivity contribution < 1.29 is 5.11 Å². The lowest BCUT2D eigenvalue weighted by molar-refractivity contribution is -0.0339. The normalized spacial score (nSPS) is 23.7. The lowest BCUT2D eigenvalue weighted by Gasteiger charge is -2.44. The molecule has 1 aliphatic carbocycles. The molecule has 0 radical (unpaired) electrons. The maximum atomic E-state index is 11.5. The Morgan fingerprint density at radius 3 is 2.46 bits per heavy atom. The van der Waals surface area contributed by atoms with Crippen LogP contribution < -0.4 is 5.73 Å². The van der Waals surface area contributed by atoms with Crippen LogP contribution in [0.4, 0.5) is 0 Å². The van der Waals surface area contributed by atoms with Crippen LogP contribution in [-0.4, -0.2) is 40.8 Å². The average molecular weight is 379 g/mol. The van der Waals surface area contributed by atoms with Crippen LogP contribution in [0, 0.1) is 5.92 Å². The first-order valence-electron chi connectivity index (χ1n) is 10.3. The SMILES string of the molecule is CC(C)(N)C1CCN(CC(c2cccc(Cl)c2)C2(O)CCCCC2)CC1. The molecule has 1 saturated carbocycles. The van der Waals surface area contributed by atoms with Gasteiger partial charge in [0.05, 0.1) is 5.60 Å². The van der Waals surface area contributed by atoms with E-state index in [0.717, 1.165) is 63.2 Å². The minimum absolute atomic E-state index is 0.0972. The lowest BCUT2D eigenvalue weighted by atomic mass is 9.72. The third kappa shape index (κ3) is 4.81. The summed E-state index contributed by atoms with van der Waals surface area (Å²) in [6.45, 7) is 7.34. The van der Waals surface area contributed by atoms with Crippen LogP contribution in [-0.2, 0) is 0 Å². The molecule has 146 valence electrons. The molecule has 2 fully saturated rings. The number of piperidine rings is 1. The van der Waals surface area contributed by atoms with E-state index in [9.17, 15) is 5.11 Å². The fraction of sp³-hybridized carbons (Fsp3) is 0.727. The van der Waals surface area contributed by atoms with Gasteiger partial charge in [0.1, 0.15) is 0 Å². The molecule has 0 spiro atoms. The first kappa shape index (κ1) is 20.1. The standard InChI is InChI=1S/C22H35ClN2O/c1-21(2,24)18-9-13-25(14-10-18)16-20(17-7-6-8-19(23)15-17)22(26)11-4-3-5-12-22/h6-8,15,18,20,26H,3-5,9-14,16,24H2,1-2H3. The molecule has 1 atom stereocenters. The maximum Gasteiger partial charge on any atom is 0.0728 e. The highest BCUT2D eigenvalue weighted by atomic mass is 35.5. The highest BCUT2D eigenvalue weighted by Gasteiger charge is 2.40. The number of halogens is 1. The average Bonchev–Trinajstić information content (AvgIpc) is 2.60. The molecule has 1 saturated heterocycles. The van der Waals surface area contributed by atoms with Crippen molar-refractivity contribution in [3.8, 4) is 0 Å². The number of hydrogen-bond donors (Lipinski definition) is 2. The largest absolute Gasteiger partial charge is 0.389 e. The summed E-state index contributed by atoms with van der Waals surface area (Å²) in [5.74, 6) is 0.713. The molecule has 0 amide bonds. The van der Waals surface area contributed by atoms with Gasteiger partial charge in [0.2, 0.25) is 0 Å². The van der Waals surface area contributed by atoms with E-state index in [1.807, 2.05) is 12.1 Å². The van der Waals surface area contributed by atoms with Gasteiger partial charge in [0.25, 0.3) is 0 Å². The molecule has 3 N–H and O–H groups in total. The summed E-state index contributed by atoms with van der Waals surface area (Å²) in [6.07, 6.45) is 7.57. The number of aliphatic hydroxyl groups is 1. The third-order valence-electron chi connectivity index (χ3n) is 6.70. The molecule has 1 aliphatic heterocycles. The summed E-state index contributed by atoms with van der Waals surface area (Å²) < 4.78 is 0. The molecular weight excluding hydrogens is 344 g/mol. The first-order chi connectivity index (χ1) is 12.3. The van der Waals surface area contributed by atoms with Crippen LogP contribution in [0.5, 0.6) is 0 Å². The topological polar surface area (TPSA) is 49.5 Å². The Morgan fingerprint density at radius 2 is 1.88 bits per heavy atom. The van der Waals surface area contributed by atoms with Crippen molar-refractivity contribution in [3.63, 3.8) is 0 Å². The Hall–Kier alpha value is -0.610. The van der Waals surface area contributed by atoms with Crippen LogP contribution in [0.2, 0.25) is 5.02 Å². The Bertz CT molecular complexity index is 584. The molecule has 2 aliphatic rings. The zero-order valence-electron chi connectivity index (χ0n) is 16.4. The van der Waals surface area contributed by atoms with Crippen molar-refractivity contribution in [1.82, 2.24) is 4.90 Å². The van der Waals surface area contributed by atoms with Gasteiger partial charge in [0, 0.05) is 23.0 Å². The van der Waals surface area contributed by atoms with Crippen LogP contribution in [0.15, 0.2) is 24.3 Å². The van der Waals surface area contributed by atoms with Gasteiger partial charge < -0.3 is 15.7 Å². The van der Waals surface area contributed by atoms with Crippen molar-refractivity contribution in [1.29, 1.82) is 0 Å². The summed E-state index contributed by atoms with van der Waals surface area (Å²) in [5, 5.41) is 12.3. The molecule has 0 bridgehead atoms. The molecular formula is C22H35ClN2O. The molecule has 1 unspecified atom stereocenters. The monoisotopic (exact) mass is 378 g/mol. The van der Waals surface area contributed by atoms with Gasteiger partial charge in [-0.2, -0.15) is 0 Å². The number of rotatable bonds is 5. The highest BCUT2D eigenvalue weighted by molar-refractivity contribution is 6.30. The highest BCUT2D eigenvalue weighted by Crippen LogP contribution is 2.41. The van der Waals surface area contributed by atoms with E-state index in [2.05, 4.69) is 30.9 Å². The number of nitrogens with two attached hydrogens (primary N) is 1. The molecule has 26 heavy (non-hydrogen) atoms. The van der Waals surface area contributed by atoms with E-state index in [1.54, 1.807) is 0 Å². The second kappa shape index (κ2) is 8.18. The quantitative estimate of drug-likeness (QED) is 0.789. The van der Waals surface area contributed by atoms with E-state index in [1.165, 1.54) is 12.0 Å². The minimum atomic E-state index is -0.604. The van der Waals surface area contributed by atoms with Gasteiger partial charge in [-0.25, -0.2) is 0 Å². The summed E-state index contributed by atoms with van der Waals surface area (Å²) in [7, 11) is 0. The number of likely N-dealkylation sites (tertiary alicyclic amines) is 1. The molecule has 3 nitrogen and oxygen atoms in total. The Kier molecular flexibility index (Phi) is 6.33. The van der Waals surface area contributed by atoms with E-state index in [-0.39, 0.29) is 11.5 Å². The molecule has 4 heteroatoms.